The van der Waals surface area contributed by atoms with Crippen LogP contribution >= 0.6 is 0 Å². The lowest BCUT2D eigenvalue weighted by molar-refractivity contribution is -0.0846. The van der Waals surface area contributed by atoms with Crippen LogP contribution < -0.4 is 0 Å². The second-order valence-corrected chi connectivity index (χ2v) is 11.7. The van der Waals surface area contributed by atoms with Crippen molar-refractivity contribution in [2.45, 2.75) is 12.0 Å². The van der Waals surface area contributed by atoms with Gasteiger partial charge in [-0.1, -0.05) is 121 Å². The summed E-state index contributed by atoms with van der Waals surface area (Å²) >= 11 is 0. The molecule has 6 heteroatoms. The lowest BCUT2D eigenvalue weighted by Crippen LogP contribution is -2.58. The minimum atomic E-state index is -2.02. The summed E-state index contributed by atoms with van der Waals surface area (Å²) < 4.78 is 14.0. The van der Waals surface area contributed by atoms with Crippen LogP contribution in [0.4, 0.5) is 4.39 Å². The fraction of sp³-hybridized carbons (Fsp3) is 0.150. The zero-order valence-electron chi connectivity index (χ0n) is 24.8. The van der Waals surface area contributed by atoms with Gasteiger partial charge in [0.1, 0.15) is 11.4 Å². The van der Waals surface area contributed by atoms with Crippen LogP contribution in [-0.4, -0.2) is 28.2 Å². The monoisotopic (exact) mass is 610 g/mol. The highest BCUT2D eigenvalue weighted by Gasteiger charge is 2.61. The molecule has 0 aliphatic heterocycles. The van der Waals surface area contributed by atoms with Crippen molar-refractivity contribution in [1.82, 2.24) is 0 Å². The first kappa shape index (κ1) is 30.7. The Hall–Kier alpha value is -5.33. The molecule has 5 atom stereocenters. The van der Waals surface area contributed by atoms with Crippen molar-refractivity contribution in [3.05, 3.63) is 179 Å². The third-order valence-corrected chi connectivity index (χ3v) is 9.03. The van der Waals surface area contributed by atoms with Crippen LogP contribution in [0, 0.1) is 29.5 Å². The van der Waals surface area contributed by atoms with E-state index in [1.54, 1.807) is 121 Å². The Labute approximate surface area is 266 Å². The molecule has 1 N–H and O–H groups in total. The summed E-state index contributed by atoms with van der Waals surface area (Å²) in [5, 5.41) is 12.9. The standard InChI is InChI=1S/C40H31FO5/c41-31-23-21-29(22-24-31)37(43)33-32(36(42)26-13-5-1-6-14-26)25-40(46,30-19-11-4-12-20-30)35(39(45)28-17-9-3-10-18-28)34(33)38(44)27-15-7-2-8-16-27/h1-24,32-35,46H,25H2. The normalized spacial score (nSPS) is 22.5. The number of halogens is 1. The molecular formula is C40H31FO5. The number of aliphatic hydroxyl groups is 1. The van der Waals surface area contributed by atoms with E-state index < -0.39 is 58.2 Å². The molecule has 46 heavy (non-hydrogen) atoms. The SMILES string of the molecule is O=C(c1ccccc1)C1CC(O)(c2ccccc2)C(C(=O)c2ccccc2)C(C(=O)c2ccccc2)C1C(=O)c1ccc(F)cc1. The molecule has 0 saturated heterocycles. The van der Waals surface area contributed by atoms with E-state index in [0.717, 1.165) is 12.1 Å². The maximum Gasteiger partial charge on any atom is 0.169 e. The molecule has 5 aromatic rings. The van der Waals surface area contributed by atoms with Gasteiger partial charge in [-0.3, -0.25) is 19.2 Å². The summed E-state index contributed by atoms with van der Waals surface area (Å²) in [6, 6.07) is 38.5. The van der Waals surface area contributed by atoms with Crippen molar-refractivity contribution in [1.29, 1.82) is 0 Å². The molecule has 0 heterocycles. The third kappa shape index (κ3) is 5.75. The predicted octanol–water partition coefficient (Wildman–Crippen LogP) is 7.41. The van der Waals surface area contributed by atoms with Crippen molar-refractivity contribution in [3.8, 4) is 0 Å². The van der Waals surface area contributed by atoms with Gasteiger partial charge < -0.3 is 5.11 Å². The molecule has 228 valence electrons. The number of benzene rings is 5. The summed E-state index contributed by atoms with van der Waals surface area (Å²) in [6.45, 7) is 0. The van der Waals surface area contributed by atoms with Crippen LogP contribution in [0.25, 0.3) is 0 Å². The molecule has 6 rings (SSSR count). The van der Waals surface area contributed by atoms with Crippen molar-refractivity contribution in [2.75, 3.05) is 0 Å². The summed E-state index contributed by atoms with van der Waals surface area (Å²) in [5.74, 6) is -8.10. The Kier molecular flexibility index (Phi) is 8.64. The topological polar surface area (TPSA) is 88.5 Å². The maximum absolute atomic E-state index is 14.8. The Bertz CT molecular complexity index is 1860. The molecule has 0 spiro atoms. The molecule has 1 saturated carbocycles. The number of carbonyl (C=O) groups excluding carboxylic acids is 4. The minimum absolute atomic E-state index is 0.0965. The molecular weight excluding hydrogens is 579 g/mol. The summed E-state index contributed by atoms with van der Waals surface area (Å²) in [4.78, 5) is 58.5. The molecule has 0 radical (unpaired) electrons. The lowest BCUT2D eigenvalue weighted by Gasteiger charge is -2.50. The van der Waals surface area contributed by atoms with Gasteiger partial charge in [-0.15, -0.1) is 0 Å². The van der Waals surface area contributed by atoms with Gasteiger partial charge >= 0.3 is 0 Å². The summed E-state index contributed by atoms with van der Waals surface area (Å²) in [7, 11) is 0. The second-order valence-electron chi connectivity index (χ2n) is 11.7. The molecule has 0 aromatic heterocycles. The van der Waals surface area contributed by atoms with Crippen molar-refractivity contribution >= 4 is 23.1 Å². The van der Waals surface area contributed by atoms with E-state index in [2.05, 4.69) is 0 Å². The van der Waals surface area contributed by atoms with Gasteiger partial charge in [0.2, 0.25) is 0 Å². The Morgan fingerprint density at radius 3 is 1.39 bits per heavy atom. The average Bonchev–Trinajstić information content (AvgIpc) is 3.11. The number of ketones is 4. The van der Waals surface area contributed by atoms with Crippen molar-refractivity contribution in [2.24, 2.45) is 23.7 Å². The van der Waals surface area contributed by atoms with E-state index in [9.17, 15) is 28.7 Å². The van der Waals surface area contributed by atoms with E-state index >= 15 is 0 Å². The smallest absolute Gasteiger partial charge is 0.169 e. The Morgan fingerprint density at radius 1 is 0.500 bits per heavy atom. The van der Waals surface area contributed by atoms with Crippen LogP contribution in [-0.2, 0) is 5.60 Å². The highest BCUT2D eigenvalue weighted by Crippen LogP contribution is 2.53. The number of Topliss-reactive ketones (excluding diaryl/α,β-unsaturated/α-hetero) is 4. The largest absolute Gasteiger partial charge is 0.384 e. The average molecular weight is 611 g/mol. The van der Waals surface area contributed by atoms with Crippen molar-refractivity contribution < 1.29 is 28.7 Å². The summed E-state index contributed by atoms with van der Waals surface area (Å²) in [5.41, 5.74) is -0.767. The second kappa shape index (κ2) is 13.0. The molecule has 1 aliphatic rings. The molecule has 5 aromatic carbocycles. The third-order valence-electron chi connectivity index (χ3n) is 9.03. The summed E-state index contributed by atoms with van der Waals surface area (Å²) in [6.07, 6.45) is -0.301. The molecule has 1 aliphatic carbocycles. The first-order chi connectivity index (χ1) is 22.3. The number of hydrogen-bond donors (Lipinski definition) is 1. The maximum atomic E-state index is 14.8. The fourth-order valence-corrected chi connectivity index (χ4v) is 6.86. The first-order valence-corrected chi connectivity index (χ1v) is 15.1. The first-order valence-electron chi connectivity index (χ1n) is 15.1. The molecule has 0 bridgehead atoms. The molecule has 0 amide bonds. The zero-order valence-corrected chi connectivity index (χ0v) is 24.8. The van der Waals surface area contributed by atoms with Gasteiger partial charge in [0.25, 0.3) is 0 Å². The van der Waals surface area contributed by atoms with Gasteiger partial charge in [-0.2, -0.15) is 0 Å². The molecule has 5 unspecified atom stereocenters. The van der Waals surface area contributed by atoms with E-state index in [0.29, 0.717) is 11.1 Å². The number of carbonyl (C=O) groups is 4. The van der Waals surface area contributed by atoms with Gasteiger partial charge in [-0.05, 0) is 36.2 Å². The van der Waals surface area contributed by atoms with Gasteiger partial charge in [-0.25, -0.2) is 4.39 Å². The molecule has 5 nitrogen and oxygen atoms in total. The Morgan fingerprint density at radius 2 is 0.891 bits per heavy atom. The Balaban J connectivity index is 1.64. The zero-order chi connectivity index (χ0) is 32.3. The van der Waals surface area contributed by atoms with Crippen LogP contribution in [0.5, 0.6) is 0 Å². The highest BCUT2D eigenvalue weighted by molar-refractivity contribution is 6.12. The van der Waals surface area contributed by atoms with Crippen LogP contribution in [0.1, 0.15) is 53.4 Å². The fourth-order valence-electron chi connectivity index (χ4n) is 6.86. The lowest BCUT2D eigenvalue weighted by atomic mass is 9.52. The number of hydrogen-bond acceptors (Lipinski definition) is 5. The number of rotatable bonds is 9. The molecule has 1 fully saturated rings. The van der Waals surface area contributed by atoms with E-state index in [1.165, 1.54) is 12.1 Å². The van der Waals surface area contributed by atoms with E-state index in [-0.39, 0.29) is 23.1 Å². The van der Waals surface area contributed by atoms with Crippen molar-refractivity contribution in [3.63, 3.8) is 0 Å². The highest BCUT2D eigenvalue weighted by atomic mass is 19.1. The van der Waals surface area contributed by atoms with Crippen LogP contribution in [0.2, 0.25) is 0 Å². The van der Waals surface area contributed by atoms with E-state index in [1.807, 2.05) is 0 Å². The van der Waals surface area contributed by atoms with E-state index in [4.69, 9.17) is 0 Å². The van der Waals surface area contributed by atoms with Gasteiger partial charge in [0.15, 0.2) is 23.1 Å². The minimum Gasteiger partial charge on any atom is -0.384 e. The predicted molar refractivity (Wildman–Crippen MR) is 172 cm³/mol. The van der Waals surface area contributed by atoms with Crippen LogP contribution in [0.15, 0.2) is 146 Å². The van der Waals surface area contributed by atoms with Gasteiger partial charge in [0, 0.05) is 40.0 Å². The van der Waals surface area contributed by atoms with Crippen LogP contribution in [0.3, 0.4) is 0 Å². The quantitative estimate of drug-likeness (QED) is 0.176. The van der Waals surface area contributed by atoms with Gasteiger partial charge in [0.05, 0.1) is 5.92 Å².